The Labute approximate surface area is 137 Å². The van der Waals surface area contributed by atoms with Crippen molar-refractivity contribution < 1.29 is 8.91 Å². The van der Waals surface area contributed by atoms with Crippen LogP contribution in [0.2, 0.25) is 0 Å². The van der Waals surface area contributed by atoms with Gasteiger partial charge < -0.3 is 10.3 Å². The Hall–Kier alpha value is -1.66. The van der Waals surface area contributed by atoms with Crippen LogP contribution in [0.5, 0.6) is 0 Å². The fourth-order valence-electron chi connectivity index (χ4n) is 2.06. The Kier molecular flexibility index (Phi) is 3.82. The maximum absolute atomic E-state index is 13.5. The van der Waals surface area contributed by atoms with Crippen molar-refractivity contribution in [3.05, 3.63) is 57.2 Å². The van der Waals surface area contributed by atoms with Gasteiger partial charge in [-0.05, 0) is 35.9 Å². The molecule has 0 aliphatic rings. The minimum absolute atomic E-state index is 0.198. The third-order valence-corrected chi connectivity index (χ3v) is 4.26. The summed E-state index contributed by atoms with van der Waals surface area (Å²) in [6, 6.07) is 12.0. The molecule has 1 aromatic heterocycles. The number of nitrogens with two attached hydrogens (primary N) is 1. The van der Waals surface area contributed by atoms with E-state index < -0.39 is 0 Å². The number of rotatable bonds is 2. The summed E-state index contributed by atoms with van der Waals surface area (Å²) in [4.78, 5) is 0. The average molecular weight is 412 g/mol. The van der Waals surface area contributed by atoms with Crippen LogP contribution < -0.4 is 5.73 Å². The Morgan fingerprint density at radius 2 is 1.76 bits per heavy atom. The topological polar surface area (TPSA) is 52.0 Å². The lowest BCUT2D eigenvalue weighted by Crippen LogP contribution is -1.89. The quantitative estimate of drug-likeness (QED) is 0.626. The second kappa shape index (κ2) is 5.61. The molecule has 3 rings (SSSR count). The van der Waals surface area contributed by atoms with Crippen LogP contribution in [-0.2, 0) is 0 Å². The highest BCUT2D eigenvalue weighted by Crippen LogP contribution is 2.39. The smallest absolute Gasteiger partial charge is 0.230 e. The fraction of sp³-hybridized carbons (Fsp3) is 0. The molecule has 0 aliphatic heterocycles. The summed E-state index contributed by atoms with van der Waals surface area (Å²) in [5.41, 5.74) is 8.48. The second-order valence-corrected chi connectivity index (χ2v) is 6.17. The third-order valence-electron chi connectivity index (χ3n) is 3.03. The van der Waals surface area contributed by atoms with Gasteiger partial charge >= 0.3 is 0 Å². The van der Waals surface area contributed by atoms with Crippen LogP contribution in [0.3, 0.4) is 0 Å². The summed E-state index contributed by atoms with van der Waals surface area (Å²) in [5, 5.41) is 3.98. The first kappa shape index (κ1) is 14.3. The molecular formula is C15H9Br2FN2O. The van der Waals surface area contributed by atoms with Gasteiger partial charge in [-0.2, -0.15) is 0 Å². The van der Waals surface area contributed by atoms with E-state index in [-0.39, 0.29) is 11.7 Å². The minimum atomic E-state index is -0.350. The molecule has 0 radical (unpaired) electrons. The maximum Gasteiger partial charge on any atom is 0.230 e. The van der Waals surface area contributed by atoms with Gasteiger partial charge in [-0.15, -0.1) is 0 Å². The van der Waals surface area contributed by atoms with E-state index >= 15 is 0 Å². The van der Waals surface area contributed by atoms with E-state index in [1.54, 1.807) is 6.07 Å². The van der Waals surface area contributed by atoms with Crippen molar-refractivity contribution in [1.82, 2.24) is 5.16 Å². The van der Waals surface area contributed by atoms with Crippen molar-refractivity contribution in [2.24, 2.45) is 0 Å². The SMILES string of the molecule is Nc1onc(-c2cc(F)ccc2Br)c1-c1ccc(Br)cc1. The fourth-order valence-corrected chi connectivity index (χ4v) is 2.76. The van der Waals surface area contributed by atoms with Gasteiger partial charge in [0.1, 0.15) is 11.5 Å². The molecule has 21 heavy (non-hydrogen) atoms. The predicted molar refractivity (Wildman–Crippen MR) is 87.1 cm³/mol. The largest absolute Gasteiger partial charge is 0.367 e. The molecule has 3 nitrogen and oxygen atoms in total. The highest BCUT2D eigenvalue weighted by atomic mass is 79.9. The summed E-state index contributed by atoms with van der Waals surface area (Å²) in [6.45, 7) is 0. The van der Waals surface area contributed by atoms with Crippen LogP contribution in [0.1, 0.15) is 0 Å². The first-order chi connectivity index (χ1) is 10.1. The van der Waals surface area contributed by atoms with Gasteiger partial charge in [0.05, 0.1) is 5.56 Å². The molecule has 0 atom stereocenters. The Morgan fingerprint density at radius 1 is 1.05 bits per heavy atom. The van der Waals surface area contributed by atoms with Crippen molar-refractivity contribution in [1.29, 1.82) is 0 Å². The zero-order valence-electron chi connectivity index (χ0n) is 10.6. The number of halogens is 3. The molecule has 106 valence electrons. The zero-order chi connectivity index (χ0) is 15.0. The number of nitrogen functional groups attached to an aromatic ring is 1. The van der Waals surface area contributed by atoms with Crippen molar-refractivity contribution in [2.45, 2.75) is 0 Å². The number of nitrogens with zero attached hydrogens (tertiary/aromatic N) is 1. The molecule has 0 saturated carbocycles. The average Bonchev–Trinajstić information content (AvgIpc) is 2.84. The summed E-state index contributed by atoms with van der Waals surface area (Å²) in [6.07, 6.45) is 0. The van der Waals surface area contributed by atoms with Crippen molar-refractivity contribution in [2.75, 3.05) is 5.73 Å². The number of hydrogen-bond acceptors (Lipinski definition) is 3. The lowest BCUT2D eigenvalue weighted by Gasteiger charge is -2.05. The van der Waals surface area contributed by atoms with E-state index in [4.69, 9.17) is 10.3 Å². The summed E-state index contributed by atoms with van der Waals surface area (Å²) < 4.78 is 20.3. The van der Waals surface area contributed by atoms with Gasteiger partial charge in [0.15, 0.2) is 0 Å². The predicted octanol–water partition coefficient (Wildman–Crippen LogP) is 5.25. The van der Waals surface area contributed by atoms with E-state index in [9.17, 15) is 4.39 Å². The zero-order valence-corrected chi connectivity index (χ0v) is 13.8. The van der Waals surface area contributed by atoms with E-state index in [0.29, 0.717) is 16.8 Å². The Bertz CT molecular complexity index is 800. The van der Waals surface area contributed by atoms with Gasteiger partial charge in [-0.1, -0.05) is 49.1 Å². The molecule has 2 N–H and O–H groups in total. The molecule has 0 aliphatic carbocycles. The molecule has 3 aromatic rings. The van der Waals surface area contributed by atoms with Gasteiger partial charge in [-0.3, -0.25) is 0 Å². The standard InChI is InChI=1S/C15H9Br2FN2O/c16-9-3-1-8(2-4-9)13-14(20-21-15(13)19)11-7-10(18)5-6-12(11)17/h1-7H,19H2. The minimum Gasteiger partial charge on any atom is -0.367 e. The van der Waals surface area contributed by atoms with Crippen LogP contribution >= 0.6 is 31.9 Å². The van der Waals surface area contributed by atoms with Gasteiger partial charge in [-0.25, -0.2) is 4.39 Å². The van der Waals surface area contributed by atoms with Crippen LogP contribution in [0.4, 0.5) is 10.3 Å². The van der Waals surface area contributed by atoms with Gasteiger partial charge in [0.2, 0.25) is 5.88 Å². The second-order valence-electron chi connectivity index (χ2n) is 4.40. The molecule has 1 heterocycles. The third kappa shape index (κ3) is 2.73. The van der Waals surface area contributed by atoms with E-state index in [1.807, 2.05) is 24.3 Å². The molecular weight excluding hydrogens is 403 g/mol. The molecule has 0 amide bonds. The molecule has 0 unspecified atom stereocenters. The maximum atomic E-state index is 13.5. The molecule has 0 spiro atoms. The van der Waals surface area contributed by atoms with Crippen molar-refractivity contribution >= 4 is 37.7 Å². The lowest BCUT2D eigenvalue weighted by molar-refractivity contribution is 0.439. The highest BCUT2D eigenvalue weighted by Gasteiger charge is 2.19. The molecule has 0 saturated heterocycles. The Balaban J connectivity index is 2.21. The van der Waals surface area contributed by atoms with Crippen LogP contribution in [-0.4, -0.2) is 5.16 Å². The van der Waals surface area contributed by atoms with Crippen molar-refractivity contribution in [3.8, 4) is 22.4 Å². The van der Waals surface area contributed by atoms with E-state index in [2.05, 4.69) is 37.0 Å². The molecule has 0 fully saturated rings. The van der Waals surface area contributed by atoms with Crippen molar-refractivity contribution in [3.63, 3.8) is 0 Å². The van der Waals surface area contributed by atoms with Crippen LogP contribution in [0.25, 0.3) is 22.4 Å². The normalized spacial score (nSPS) is 10.8. The summed E-state index contributed by atoms with van der Waals surface area (Å²) >= 11 is 6.78. The van der Waals surface area contributed by atoms with Crippen LogP contribution in [0.15, 0.2) is 55.9 Å². The first-order valence-electron chi connectivity index (χ1n) is 6.03. The number of anilines is 1. The van der Waals surface area contributed by atoms with Gasteiger partial charge in [0.25, 0.3) is 0 Å². The monoisotopic (exact) mass is 410 g/mol. The molecule has 0 bridgehead atoms. The Morgan fingerprint density at radius 3 is 2.48 bits per heavy atom. The van der Waals surface area contributed by atoms with Crippen LogP contribution in [0, 0.1) is 5.82 Å². The first-order valence-corrected chi connectivity index (χ1v) is 7.61. The van der Waals surface area contributed by atoms with E-state index in [1.165, 1.54) is 12.1 Å². The summed E-state index contributed by atoms with van der Waals surface area (Å²) in [7, 11) is 0. The number of hydrogen-bond donors (Lipinski definition) is 1. The highest BCUT2D eigenvalue weighted by molar-refractivity contribution is 9.10. The molecule has 6 heteroatoms. The lowest BCUT2D eigenvalue weighted by atomic mass is 10.0. The van der Waals surface area contributed by atoms with E-state index in [0.717, 1.165) is 14.5 Å². The number of aromatic nitrogens is 1. The molecule has 2 aromatic carbocycles. The number of benzene rings is 2. The summed E-state index contributed by atoms with van der Waals surface area (Å²) in [5.74, 6) is -0.153. The van der Waals surface area contributed by atoms with Gasteiger partial charge in [0, 0.05) is 14.5 Å².